The fraction of sp³-hybridized carbons (Fsp3) is 0.350. The Balaban J connectivity index is 2.02. The minimum Gasteiger partial charge on any atom is -0.481 e. The molecule has 1 atom stereocenters. The predicted molar refractivity (Wildman–Crippen MR) is 98.5 cm³/mol. The fourth-order valence-electron chi connectivity index (χ4n) is 2.56. The van der Waals surface area contributed by atoms with Gasteiger partial charge in [0.1, 0.15) is 5.75 Å². The molecule has 0 N–H and O–H groups in total. The Morgan fingerprint density at radius 3 is 2.33 bits per heavy atom. The molecule has 0 saturated heterocycles. The molecule has 0 saturated carbocycles. The number of halogens is 1. The topological polar surface area (TPSA) is 29.5 Å². The zero-order valence-corrected chi connectivity index (χ0v) is 15.4. The van der Waals surface area contributed by atoms with Crippen LogP contribution in [-0.4, -0.2) is 24.0 Å². The first kappa shape index (κ1) is 18.3. The van der Waals surface area contributed by atoms with Crippen LogP contribution in [0.3, 0.4) is 0 Å². The molecule has 0 fully saturated rings. The van der Waals surface area contributed by atoms with E-state index in [1.54, 1.807) is 18.9 Å². The van der Waals surface area contributed by atoms with Crippen molar-refractivity contribution in [3.63, 3.8) is 0 Å². The van der Waals surface area contributed by atoms with Gasteiger partial charge in [0, 0.05) is 18.6 Å². The highest BCUT2D eigenvalue weighted by molar-refractivity contribution is 6.30. The van der Waals surface area contributed by atoms with Crippen LogP contribution in [0.5, 0.6) is 5.75 Å². The van der Waals surface area contributed by atoms with Gasteiger partial charge in [0.05, 0.1) is 0 Å². The first-order chi connectivity index (χ1) is 11.4. The van der Waals surface area contributed by atoms with E-state index >= 15 is 0 Å². The third-order valence-electron chi connectivity index (χ3n) is 3.90. The Hall–Kier alpha value is -2.00. The van der Waals surface area contributed by atoms with Crippen LogP contribution in [0.25, 0.3) is 0 Å². The summed E-state index contributed by atoms with van der Waals surface area (Å²) in [5.74, 6) is 1.06. The van der Waals surface area contributed by atoms with Crippen LogP contribution in [-0.2, 0) is 11.3 Å². The fourth-order valence-corrected chi connectivity index (χ4v) is 2.68. The normalized spacial score (nSPS) is 12.1. The molecular formula is C20H24ClNO2. The summed E-state index contributed by atoms with van der Waals surface area (Å²) in [6.45, 7) is 6.54. The summed E-state index contributed by atoms with van der Waals surface area (Å²) >= 11 is 5.89. The van der Waals surface area contributed by atoms with Crippen molar-refractivity contribution < 1.29 is 9.53 Å². The van der Waals surface area contributed by atoms with Gasteiger partial charge in [0.25, 0.3) is 5.91 Å². The van der Waals surface area contributed by atoms with Crippen molar-refractivity contribution in [3.8, 4) is 5.75 Å². The second-order valence-corrected chi connectivity index (χ2v) is 6.71. The van der Waals surface area contributed by atoms with E-state index in [9.17, 15) is 4.79 Å². The maximum absolute atomic E-state index is 12.6. The van der Waals surface area contributed by atoms with Gasteiger partial charge in [-0.25, -0.2) is 0 Å². The highest BCUT2D eigenvalue weighted by atomic mass is 35.5. The van der Waals surface area contributed by atoms with E-state index in [0.29, 0.717) is 17.5 Å². The number of nitrogens with zero attached hydrogens (tertiary/aromatic N) is 1. The average Bonchev–Trinajstić information content (AvgIpc) is 2.56. The van der Waals surface area contributed by atoms with Crippen molar-refractivity contribution in [2.24, 2.45) is 0 Å². The van der Waals surface area contributed by atoms with Crippen molar-refractivity contribution in [1.82, 2.24) is 4.90 Å². The van der Waals surface area contributed by atoms with E-state index < -0.39 is 6.10 Å². The van der Waals surface area contributed by atoms with Gasteiger partial charge in [-0.15, -0.1) is 0 Å². The number of carbonyl (C=O) groups is 1. The van der Waals surface area contributed by atoms with Crippen LogP contribution in [0, 0.1) is 0 Å². The van der Waals surface area contributed by atoms with Crippen LogP contribution in [0.15, 0.2) is 48.5 Å². The van der Waals surface area contributed by atoms with Crippen molar-refractivity contribution in [2.45, 2.75) is 39.3 Å². The molecule has 0 aliphatic heterocycles. The van der Waals surface area contributed by atoms with Crippen LogP contribution in [0.1, 0.15) is 37.8 Å². The number of amides is 1. The van der Waals surface area contributed by atoms with Crippen LogP contribution in [0.4, 0.5) is 0 Å². The van der Waals surface area contributed by atoms with Gasteiger partial charge >= 0.3 is 0 Å². The van der Waals surface area contributed by atoms with E-state index in [1.807, 2.05) is 48.5 Å². The molecule has 0 spiro atoms. The summed E-state index contributed by atoms with van der Waals surface area (Å²) in [6.07, 6.45) is -0.540. The lowest BCUT2D eigenvalue weighted by Gasteiger charge is -2.23. The lowest BCUT2D eigenvalue weighted by Crippen LogP contribution is -2.37. The molecule has 24 heavy (non-hydrogen) atoms. The molecule has 1 unspecified atom stereocenters. The molecule has 1 amide bonds. The number of likely N-dealkylation sites (N-methyl/N-ethyl adjacent to an activating group) is 1. The lowest BCUT2D eigenvalue weighted by atomic mass is 10.0. The molecule has 0 aliphatic rings. The van der Waals surface area contributed by atoms with Gasteiger partial charge in [-0.2, -0.15) is 0 Å². The van der Waals surface area contributed by atoms with Crippen molar-refractivity contribution >= 4 is 17.5 Å². The second-order valence-electron chi connectivity index (χ2n) is 6.27. The molecule has 2 aromatic rings. The number of hydrogen-bond acceptors (Lipinski definition) is 2. The predicted octanol–water partition coefficient (Wildman–Crippen LogP) is 4.89. The first-order valence-corrected chi connectivity index (χ1v) is 8.51. The van der Waals surface area contributed by atoms with E-state index in [4.69, 9.17) is 16.3 Å². The molecule has 2 rings (SSSR count). The number of rotatable bonds is 6. The Kier molecular flexibility index (Phi) is 6.27. The minimum atomic E-state index is -0.540. The average molecular weight is 346 g/mol. The maximum Gasteiger partial charge on any atom is 0.263 e. The molecule has 0 bridgehead atoms. The Morgan fingerprint density at radius 1 is 1.08 bits per heavy atom. The highest BCUT2D eigenvalue weighted by Crippen LogP contribution is 2.27. The first-order valence-electron chi connectivity index (χ1n) is 8.13. The summed E-state index contributed by atoms with van der Waals surface area (Å²) in [5, 5.41) is 0.690. The summed E-state index contributed by atoms with van der Waals surface area (Å²) in [6, 6.07) is 15.4. The van der Waals surface area contributed by atoms with E-state index in [0.717, 1.165) is 16.9 Å². The van der Waals surface area contributed by atoms with Crippen molar-refractivity contribution in [1.29, 1.82) is 0 Å². The third kappa shape index (κ3) is 4.75. The third-order valence-corrected chi connectivity index (χ3v) is 4.15. The quantitative estimate of drug-likeness (QED) is 0.746. The van der Waals surface area contributed by atoms with Crippen LogP contribution < -0.4 is 4.74 Å². The number of ether oxygens (including phenoxy) is 1. The van der Waals surface area contributed by atoms with Crippen molar-refractivity contribution in [2.75, 3.05) is 7.05 Å². The number of hydrogen-bond donors (Lipinski definition) is 0. The molecular weight excluding hydrogens is 322 g/mol. The summed E-state index contributed by atoms with van der Waals surface area (Å²) in [5.41, 5.74) is 2.14. The number of para-hydroxylation sites is 1. The highest BCUT2D eigenvalue weighted by Gasteiger charge is 2.20. The summed E-state index contributed by atoms with van der Waals surface area (Å²) in [7, 11) is 1.78. The lowest BCUT2D eigenvalue weighted by molar-refractivity contribution is -0.137. The SMILES string of the molecule is CC(Oc1ccccc1C(C)C)C(=O)N(C)Cc1ccc(Cl)cc1. The molecule has 2 aromatic carbocycles. The van der Waals surface area contributed by atoms with E-state index in [-0.39, 0.29) is 5.91 Å². The van der Waals surface area contributed by atoms with Gasteiger partial charge in [-0.3, -0.25) is 4.79 Å². The Bertz CT molecular complexity index is 682. The smallest absolute Gasteiger partial charge is 0.263 e. The maximum atomic E-state index is 12.6. The molecule has 4 heteroatoms. The summed E-state index contributed by atoms with van der Waals surface area (Å²) < 4.78 is 5.93. The Labute approximate surface area is 149 Å². The van der Waals surface area contributed by atoms with Gasteiger partial charge < -0.3 is 9.64 Å². The monoisotopic (exact) mass is 345 g/mol. The second kappa shape index (κ2) is 8.20. The van der Waals surface area contributed by atoms with Gasteiger partial charge in [-0.1, -0.05) is 55.8 Å². The van der Waals surface area contributed by atoms with Gasteiger partial charge in [-0.05, 0) is 42.2 Å². The van der Waals surface area contributed by atoms with Crippen LogP contribution >= 0.6 is 11.6 Å². The largest absolute Gasteiger partial charge is 0.481 e. The number of benzene rings is 2. The molecule has 0 radical (unpaired) electrons. The van der Waals surface area contributed by atoms with E-state index in [2.05, 4.69) is 13.8 Å². The van der Waals surface area contributed by atoms with Crippen molar-refractivity contribution in [3.05, 3.63) is 64.7 Å². The van der Waals surface area contributed by atoms with E-state index in [1.165, 1.54) is 0 Å². The molecule has 0 aromatic heterocycles. The zero-order chi connectivity index (χ0) is 17.7. The minimum absolute atomic E-state index is 0.0523. The standard InChI is InChI=1S/C20H24ClNO2/c1-14(2)18-7-5-6-8-19(18)24-15(3)20(23)22(4)13-16-9-11-17(21)12-10-16/h5-12,14-15H,13H2,1-4H3. The molecule has 128 valence electrons. The zero-order valence-electron chi connectivity index (χ0n) is 14.6. The van der Waals surface area contributed by atoms with Gasteiger partial charge in [0.15, 0.2) is 6.10 Å². The summed E-state index contributed by atoms with van der Waals surface area (Å²) in [4.78, 5) is 14.2. The Morgan fingerprint density at radius 2 is 1.71 bits per heavy atom. The molecule has 3 nitrogen and oxygen atoms in total. The van der Waals surface area contributed by atoms with Gasteiger partial charge in [0.2, 0.25) is 0 Å². The van der Waals surface area contributed by atoms with Crippen LogP contribution in [0.2, 0.25) is 5.02 Å². The number of carbonyl (C=O) groups excluding carboxylic acids is 1. The molecule has 0 aliphatic carbocycles. The molecule has 0 heterocycles.